The maximum Gasteiger partial charge on any atom is 0.336 e. The predicted molar refractivity (Wildman–Crippen MR) is 86.3 cm³/mol. The highest BCUT2D eigenvalue weighted by Gasteiger charge is 2.10. The molecule has 116 valence electrons. The number of hydrogen-bond acceptors (Lipinski definition) is 3. The normalized spacial score (nSPS) is 10.7. The Kier molecular flexibility index (Phi) is 3.70. The maximum absolute atomic E-state index is 13.5. The molecule has 0 saturated carbocycles. The van der Waals surface area contributed by atoms with Crippen LogP contribution in [0.2, 0.25) is 0 Å². The van der Waals surface area contributed by atoms with E-state index in [0.717, 1.165) is 10.9 Å². The minimum absolute atomic E-state index is 0.221. The summed E-state index contributed by atoms with van der Waals surface area (Å²) in [5.74, 6) is -0.865. The molecule has 1 heterocycles. The Morgan fingerprint density at radius 2 is 1.83 bits per heavy atom. The van der Waals surface area contributed by atoms with E-state index < -0.39 is 17.3 Å². The van der Waals surface area contributed by atoms with Crippen LogP contribution in [0.4, 0.5) is 10.1 Å². The van der Waals surface area contributed by atoms with Gasteiger partial charge in [0.15, 0.2) is 0 Å². The summed E-state index contributed by atoms with van der Waals surface area (Å²) in [6.07, 6.45) is 0. The molecule has 4 nitrogen and oxygen atoms in total. The Balaban J connectivity index is 1.93. The van der Waals surface area contributed by atoms with E-state index >= 15 is 0 Å². The summed E-state index contributed by atoms with van der Waals surface area (Å²) in [6, 6.07) is 10.8. The van der Waals surface area contributed by atoms with Crippen LogP contribution in [0.3, 0.4) is 0 Å². The number of halogens is 1. The Morgan fingerprint density at radius 3 is 2.57 bits per heavy atom. The van der Waals surface area contributed by atoms with Gasteiger partial charge in [0.1, 0.15) is 11.4 Å². The van der Waals surface area contributed by atoms with Crippen molar-refractivity contribution in [2.45, 2.75) is 13.8 Å². The maximum atomic E-state index is 13.5. The number of aryl methyl sites for hydroxylation is 2. The first kappa shape index (κ1) is 15.0. The van der Waals surface area contributed by atoms with Crippen molar-refractivity contribution in [3.05, 3.63) is 75.4 Å². The Morgan fingerprint density at radius 1 is 1.04 bits per heavy atom. The Hall–Kier alpha value is -2.95. The first-order valence-electron chi connectivity index (χ1n) is 7.06. The lowest BCUT2D eigenvalue weighted by atomic mass is 10.1. The second-order valence-corrected chi connectivity index (χ2v) is 5.38. The van der Waals surface area contributed by atoms with Crippen LogP contribution in [0.1, 0.15) is 21.5 Å². The van der Waals surface area contributed by atoms with Gasteiger partial charge in [0.05, 0.1) is 0 Å². The molecular formula is C18H14FNO3. The lowest BCUT2D eigenvalue weighted by molar-refractivity contribution is 0.102. The average Bonchev–Trinajstić information content (AvgIpc) is 2.49. The molecule has 1 N–H and O–H groups in total. The van der Waals surface area contributed by atoms with Gasteiger partial charge in [-0.15, -0.1) is 0 Å². The minimum atomic E-state index is -0.445. The molecule has 3 aromatic rings. The van der Waals surface area contributed by atoms with Crippen LogP contribution in [0, 0.1) is 19.7 Å². The number of amides is 1. The molecule has 0 aliphatic rings. The van der Waals surface area contributed by atoms with E-state index in [-0.39, 0.29) is 5.56 Å². The summed E-state index contributed by atoms with van der Waals surface area (Å²) in [4.78, 5) is 23.6. The van der Waals surface area contributed by atoms with Gasteiger partial charge in [0.25, 0.3) is 5.91 Å². The number of anilines is 1. The van der Waals surface area contributed by atoms with Crippen molar-refractivity contribution in [2.24, 2.45) is 0 Å². The van der Waals surface area contributed by atoms with E-state index in [1.54, 1.807) is 37.3 Å². The fourth-order valence-electron chi connectivity index (χ4n) is 2.34. The number of rotatable bonds is 2. The highest BCUT2D eigenvalue weighted by atomic mass is 19.1. The van der Waals surface area contributed by atoms with Gasteiger partial charge >= 0.3 is 5.63 Å². The highest BCUT2D eigenvalue weighted by Crippen LogP contribution is 2.21. The zero-order chi connectivity index (χ0) is 16.6. The minimum Gasteiger partial charge on any atom is -0.423 e. The van der Waals surface area contributed by atoms with Gasteiger partial charge in [0.2, 0.25) is 0 Å². The van der Waals surface area contributed by atoms with E-state index in [1.807, 2.05) is 6.92 Å². The summed E-state index contributed by atoms with van der Waals surface area (Å²) < 4.78 is 18.7. The molecule has 1 amide bonds. The van der Waals surface area contributed by atoms with Crippen LogP contribution in [0.5, 0.6) is 0 Å². The second-order valence-electron chi connectivity index (χ2n) is 5.38. The van der Waals surface area contributed by atoms with Gasteiger partial charge in [-0.1, -0.05) is 6.07 Å². The summed E-state index contributed by atoms with van der Waals surface area (Å²) in [5, 5.41) is 3.46. The van der Waals surface area contributed by atoms with Crippen molar-refractivity contribution in [3.8, 4) is 0 Å². The lowest BCUT2D eigenvalue weighted by Crippen LogP contribution is -2.12. The summed E-state index contributed by atoms with van der Waals surface area (Å²) in [5.41, 5.74) is 1.91. The van der Waals surface area contributed by atoms with E-state index in [1.165, 1.54) is 12.1 Å². The van der Waals surface area contributed by atoms with Crippen LogP contribution in [-0.2, 0) is 0 Å². The molecule has 3 rings (SSSR count). The van der Waals surface area contributed by atoms with Crippen LogP contribution in [0.15, 0.2) is 51.7 Å². The molecule has 2 aromatic carbocycles. The van der Waals surface area contributed by atoms with E-state index in [2.05, 4.69) is 5.32 Å². The van der Waals surface area contributed by atoms with Gasteiger partial charge in [-0.3, -0.25) is 4.79 Å². The smallest absolute Gasteiger partial charge is 0.336 e. The zero-order valence-corrected chi connectivity index (χ0v) is 12.6. The lowest BCUT2D eigenvalue weighted by Gasteiger charge is -2.07. The number of carbonyl (C=O) groups is 1. The number of fused-ring (bicyclic) bond motifs is 1. The molecule has 0 fully saturated rings. The van der Waals surface area contributed by atoms with E-state index in [4.69, 9.17) is 4.42 Å². The Labute approximate surface area is 131 Å². The molecule has 0 aliphatic carbocycles. The molecule has 0 bridgehead atoms. The topological polar surface area (TPSA) is 59.3 Å². The SMILES string of the molecule is Cc1ccc(C(=O)Nc2ccc3c(C)cc(=O)oc3c2)cc1F. The van der Waals surface area contributed by atoms with Crippen molar-refractivity contribution in [3.63, 3.8) is 0 Å². The van der Waals surface area contributed by atoms with E-state index in [0.29, 0.717) is 16.8 Å². The number of carbonyl (C=O) groups excluding carboxylic acids is 1. The molecular weight excluding hydrogens is 297 g/mol. The van der Waals surface area contributed by atoms with Gasteiger partial charge in [-0.25, -0.2) is 9.18 Å². The summed E-state index contributed by atoms with van der Waals surface area (Å²) >= 11 is 0. The quantitative estimate of drug-likeness (QED) is 0.732. The molecule has 1 aromatic heterocycles. The standard InChI is InChI=1S/C18H14FNO3/c1-10-3-4-12(8-15(10)19)18(22)20-13-5-6-14-11(2)7-17(21)23-16(14)9-13/h3-9H,1-2H3,(H,20,22). The van der Waals surface area contributed by atoms with Crippen molar-refractivity contribution >= 4 is 22.6 Å². The fraction of sp³-hybridized carbons (Fsp3) is 0.111. The van der Waals surface area contributed by atoms with Crippen LogP contribution < -0.4 is 10.9 Å². The molecule has 5 heteroatoms. The van der Waals surface area contributed by atoms with Gasteiger partial charge in [-0.2, -0.15) is 0 Å². The first-order chi connectivity index (χ1) is 10.9. The zero-order valence-electron chi connectivity index (χ0n) is 12.6. The second kappa shape index (κ2) is 5.68. The van der Waals surface area contributed by atoms with Crippen LogP contribution in [0.25, 0.3) is 11.0 Å². The third kappa shape index (κ3) is 2.99. The third-order valence-electron chi connectivity index (χ3n) is 3.64. The van der Waals surface area contributed by atoms with Gasteiger partial charge < -0.3 is 9.73 Å². The van der Waals surface area contributed by atoms with Crippen LogP contribution >= 0.6 is 0 Å². The third-order valence-corrected chi connectivity index (χ3v) is 3.64. The number of benzene rings is 2. The largest absolute Gasteiger partial charge is 0.423 e. The average molecular weight is 311 g/mol. The molecule has 0 aliphatic heterocycles. The van der Waals surface area contributed by atoms with Crippen molar-refractivity contribution in [1.29, 1.82) is 0 Å². The molecule has 0 atom stereocenters. The summed E-state index contributed by atoms with van der Waals surface area (Å²) in [7, 11) is 0. The Bertz CT molecular complexity index is 976. The van der Waals surface area contributed by atoms with Crippen molar-refractivity contribution in [2.75, 3.05) is 5.32 Å². The van der Waals surface area contributed by atoms with Gasteiger partial charge in [0, 0.05) is 28.8 Å². The molecule has 0 radical (unpaired) electrons. The van der Waals surface area contributed by atoms with Crippen LogP contribution in [-0.4, -0.2) is 5.91 Å². The molecule has 0 saturated heterocycles. The number of nitrogens with one attached hydrogen (secondary N) is 1. The van der Waals surface area contributed by atoms with Gasteiger partial charge in [-0.05, 0) is 49.2 Å². The fourth-order valence-corrected chi connectivity index (χ4v) is 2.34. The van der Waals surface area contributed by atoms with Crippen molar-refractivity contribution < 1.29 is 13.6 Å². The number of hydrogen-bond donors (Lipinski definition) is 1. The predicted octanol–water partition coefficient (Wildman–Crippen LogP) is 3.80. The molecule has 0 unspecified atom stereocenters. The molecule has 0 spiro atoms. The van der Waals surface area contributed by atoms with E-state index in [9.17, 15) is 14.0 Å². The monoisotopic (exact) mass is 311 g/mol. The summed E-state index contributed by atoms with van der Waals surface area (Å²) in [6.45, 7) is 3.44. The van der Waals surface area contributed by atoms with Crippen molar-refractivity contribution in [1.82, 2.24) is 0 Å². The highest BCUT2D eigenvalue weighted by molar-refractivity contribution is 6.05. The first-order valence-corrected chi connectivity index (χ1v) is 7.06. The molecule has 23 heavy (non-hydrogen) atoms.